The summed E-state index contributed by atoms with van der Waals surface area (Å²) in [5.74, 6) is 0.815. The van der Waals surface area contributed by atoms with E-state index in [0.29, 0.717) is 10.0 Å². The van der Waals surface area contributed by atoms with E-state index in [0.717, 1.165) is 16.9 Å². The predicted octanol–water partition coefficient (Wildman–Crippen LogP) is 5.49. The molecule has 0 aliphatic rings. The maximum Gasteiger partial charge on any atom is 0.119 e. The van der Waals surface area contributed by atoms with Crippen LogP contribution in [0.25, 0.3) is 0 Å². The number of benzene rings is 2. The monoisotopic (exact) mass is 344 g/mol. The number of hydrogen-bond donors (Lipinski definition) is 0. The minimum Gasteiger partial charge on any atom is -0.497 e. The van der Waals surface area contributed by atoms with Gasteiger partial charge in [-0.25, -0.2) is 0 Å². The summed E-state index contributed by atoms with van der Waals surface area (Å²) in [7, 11) is 1.65. The summed E-state index contributed by atoms with van der Waals surface area (Å²) >= 11 is 15.8. The highest BCUT2D eigenvalue weighted by atomic mass is 79.9. The van der Waals surface area contributed by atoms with Gasteiger partial charge in [0.05, 0.1) is 11.9 Å². The first kappa shape index (κ1) is 13.7. The third kappa shape index (κ3) is 3.00. The topological polar surface area (TPSA) is 9.23 Å². The zero-order valence-electron chi connectivity index (χ0n) is 9.66. The second kappa shape index (κ2) is 5.96. The largest absolute Gasteiger partial charge is 0.497 e. The molecule has 4 heteroatoms. The Bertz CT molecular complexity index is 557. The number of rotatable bonds is 3. The molecule has 2 aromatic carbocycles. The molecule has 1 nitrogen and oxygen atoms in total. The highest BCUT2D eigenvalue weighted by Crippen LogP contribution is 2.37. The lowest BCUT2D eigenvalue weighted by Crippen LogP contribution is -1.95. The number of methoxy groups -OCH3 is 1. The zero-order valence-corrected chi connectivity index (χ0v) is 12.8. The van der Waals surface area contributed by atoms with Crippen LogP contribution in [0.2, 0.25) is 10.0 Å². The molecule has 94 valence electrons. The first-order chi connectivity index (χ1) is 8.61. The maximum atomic E-state index is 6.19. The number of ether oxygens (including phenoxy) is 1. The van der Waals surface area contributed by atoms with E-state index in [-0.39, 0.29) is 4.83 Å². The van der Waals surface area contributed by atoms with Gasteiger partial charge in [-0.3, -0.25) is 0 Å². The first-order valence-corrected chi connectivity index (χ1v) is 7.02. The van der Waals surface area contributed by atoms with Crippen molar-refractivity contribution in [2.75, 3.05) is 7.11 Å². The normalized spacial score (nSPS) is 12.2. The Balaban J connectivity index is 2.40. The molecular weight excluding hydrogens is 335 g/mol. The third-order valence-corrected chi connectivity index (χ3v) is 4.22. The molecule has 0 N–H and O–H groups in total. The maximum absolute atomic E-state index is 6.19. The molecule has 0 radical (unpaired) electrons. The van der Waals surface area contributed by atoms with Crippen LogP contribution in [0.5, 0.6) is 5.75 Å². The molecule has 0 amide bonds. The highest BCUT2D eigenvalue weighted by molar-refractivity contribution is 9.09. The van der Waals surface area contributed by atoms with Crippen LogP contribution in [0, 0.1) is 0 Å². The Morgan fingerprint density at radius 2 is 1.89 bits per heavy atom. The van der Waals surface area contributed by atoms with Crippen molar-refractivity contribution in [3.8, 4) is 5.75 Å². The molecule has 0 spiro atoms. The van der Waals surface area contributed by atoms with Crippen molar-refractivity contribution in [2.24, 2.45) is 0 Å². The van der Waals surface area contributed by atoms with Crippen LogP contribution in [0.1, 0.15) is 16.0 Å². The molecule has 0 heterocycles. The molecule has 0 bridgehead atoms. The summed E-state index contributed by atoms with van der Waals surface area (Å²) in [5, 5.41) is 1.35. The molecule has 2 aromatic rings. The Kier molecular flexibility index (Phi) is 4.55. The van der Waals surface area contributed by atoms with Gasteiger partial charge >= 0.3 is 0 Å². The lowest BCUT2D eigenvalue weighted by Gasteiger charge is -2.14. The molecule has 0 aliphatic carbocycles. The van der Waals surface area contributed by atoms with E-state index in [4.69, 9.17) is 27.9 Å². The molecule has 18 heavy (non-hydrogen) atoms. The van der Waals surface area contributed by atoms with Gasteiger partial charge in [0.25, 0.3) is 0 Å². The van der Waals surface area contributed by atoms with Gasteiger partial charge in [-0.15, -0.1) is 0 Å². The Hall–Kier alpha value is -0.700. The fraction of sp³-hybridized carbons (Fsp3) is 0.143. The smallest absolute Gasteiger partial charge is 0.119 e. The summed E-state index contributed by atoms with van der Waals surface area (Å²) in [6, 6.07) is 13.3. The Labute approximate surface area is 125 Å². The van der Waals surface area contributed by atoms with Crippen molar-refractivity contribution in [1.29, 1.82) is 0 Å². The summed E-state index contributed by atoms with van der Waals surface area (Å²) < 4.78 is 5.21. The number of halogens is 3. The molecule has 0 saturated heterocycles. The molecule has 2 rings (SSSR count). The Morgan fingerprint density at radius 3 is 2.61 bits per heavy atom. The van der Waals surface area contributed by atoms with Crippen molar-refractivity contribution in [3.05, 3.63) is 63.6 Å². The molecule has 0 saturated carbocycles. The van der Waals surface area contributed by atoms with E-state index >= 15 is 0 Å². The van der Waals surface area contributed by atoms with Gasteiger partial charge in [0.1, 0.15) is 5.75 Å². The molecular formula is C14H11BrCl2O. The minimum atomic E-state index is -0.0150. The molecule has 1 unspecified atom stereocenters. The van der Waals surface area contributed by atoms with Crippen molar-refractivity contribution < 1.29 is 4.74 Å². The molecule has 0 fully saturated rings. The minimum absolute atomic E-state index is 0.0150. The SMILES string of the molecule is COc1cccc(C(Br)c2cc(Cl)ccc2Cl)c1. The first-order valence-electron chi connectivity index (χ1n) is 5.35. The van der Waals surface area contributed by atoms with Gasteiger partial charge in [-0.2, -0.15) is 0 Å². The fourth-order valence-corrected chi connectivity index (χ4v) is 2.89. The lowest BCUT2D eigenvalue weighted by atomic mass is 10.0. The van der Waals surface area contributed by atoms with E-state index in [9.17, 15) is 0 Å². The van der Waals surface area contributed by atoms with Crippen LogP contribution in [-0.2, 0) is 0 Å². The summed E-state index contributed by atoms with van der Waals surface area (Å²) in [4.78, 5) is -0.0150. The number of hydrogen-bond acceptors (Lipinski definition) is 1. The van der Waals surface area contributed by atoms with Crippen LogP contribution in [-0.4, -0.2) is 7.11 Å². The van der Waals surface area contributed by atoms with Gasteiger partial charge in [0, 0.05) is 10.0 Å². The van der Waals surface area contributed by atoms with Gasteiger partial charge in [-0.1, -0.05) is 51.3 Å². The summed E-state index contributed by atoms with van der Waals surface area (Å²) in [5.41, 5.74) is 2.01. The average molecular weight is 346 g/mol. The van der Waals surface area contributed by atoms with Crippen molar-refractivity contribution in [2.45, 2.75) is 4.83 Å². The van der Waals surface area contributed by atoms with Gasteiger partial charge in [0.15, 0.2) is 0 Å². The van der Waals surface area contributed by atoms with Crippen LogP contribution < -0.4 is 4.74 Å². The van der Waals surface area contributed by atoms with Crippen LogP contribution in [0.4, 0.5) is 0 Å². The van der Waals surface area contributed by atoms with E-state index in [1.165, 1.54) is 0 Å². The van der Waals surface area contributed by atoms with E-state index in [1.807, 2.05) is 30.3 Å². The van der Waals surface area contributed by atoms with Crippen molar-refractivity contribution in [1.82, 2.24) is 0 Å². The van der Waals surface area contributed by atoms with E-state index in [2.05, 4.69) is 15.9 Å². The van der Waals surface area contributed by atoms with Crippen LogP contribution >= 0.6 is 39.1 Å². The molecule has 1 atom stereocenters. The predicted molar refractivity (Wildman–Crippen MR) is 80.2 cm³/mol. The number of alkyl halides is 1. The molecule has 0 aromatic heterocycles. The standard InChI is InChI=1S/C14H11BrCl2O/c1-18-11-4-2-3-9(7-11)14(15)12-8-10(16)5-6-13(12)17/h2-8,14H,1H3. The summed E-state index contributed by atoms with van der Waals surface area (Å²) in [6.45, 7) is 0. The summed E-state index contributed by atoms with van der Waals surface area (Å²) in [6.07, 6.45) is 0. The average Bonchev–Trinajstić information content (AvgIpc) is 2.41. The zero-order chi connectivity index (χ0) is 13.1. The van der Waals surface area contributed by atoms with Crippen LogP contribution in [0.3, 0.4) is 0 Å². The van der Waals surface area contributed by atoms with Crippen molar-refractivity contribution >= 4 is 39.1 Å². The Morgan fingerprint density at radius 1 is 1.11 bits per heavy atom. The fourth-order valence-electron chi connectivity index (χ4n) is 1.69. The van der Waals surface area contributed by atoms with E-state index < -0.39 is 0 Å². The lowest BCUT2D eigenvalue weighted by molar-refractivity contribution is 0.414. The van der Waals surface area contributed by atoms with Gasteiger partial charge in [0.2, 0.25) is 0 Å². The second-order valence-electron chi connectivity index (χ2n) is 3.81. The van der Waals surface area contributed by atoms with Crippen LogP contribution in [0.15, 0.2) is 42.5 Å². The third-order valence-electron chi connectivity index (χ3n) is 2.62. The quantitative estimate of drug-likeness (QED) is 0.668. The second-order valence-corrected chi connectivity index (χ2v) is 5.56. The van der Waals surface area contributed by atoms with Crippen molar-refractivity contribution in [3.63, 3.8) is 0 Å². The molecule has 0 aliphatic heterocycles. The van der Waals surface area contributed by atoms with Gasteiger partial charge < -0.3 is 4.74 Å². The highest BCUT2D eigenvalue weighted by Gasteiger charge is 2.14. The van der Waals surface area contributed by atoms with E-state index in [1.54, 1.807) is 19.2 Å². The van der Waals surface area contributed by atoms with Gasteiger partial charge in [-0.05, 0) is 41.5 Å².